The zero-order valence-corrected chi connectivity index (χ0v) is 34.7. The number of fused-ring (bicyclic) bond motifs is 12. The molecule has 0 amide bonds. The fraction of sp³-hybridized carbons (Fsp3) is 0.0167. The van der Waals surface area contributed by atoms with E-state index in [0.29, 0.717) is 5.82 Å². The molecule has 0 saturated carbocycles. The number of hydrogen-bond donors (Lipinski definition) is 0. The van der Waals surface area contributed by atoms with Gasteiger partial charge in [0.05, 0.1) is 39.4 Å². The van der Waals surface area contributed by atoms with Gasteiger partial charge in [0.2, 0.25) is 0 Å². The van der Waals surface area contributed by atoms with E-state index in [-0.39, 0.29) is 0 Å². The molecule has 298 valence electrons. The van der Waals surface area contributed by atoms with Gasteiger partial charge in [-0.15, -0.1) is 0 Å². The highest BCUT2D eigenvalue weighted by Gasteiger charge is 2.51. The monoisotopic (exact) mass is 814 g/mol. The first-order valence-electron chi connectivity index (χ1n) is 21.9. The van der Waals surface area contributed by atoms with Crippen LogP contribution in [0.5, 0.6) is 0 Å². The molecule has 1 aliphatic carbocycles. The molecule has 0 bridgehead atoms. The first kappa shape index (κ1) is 36.2. The van der Waals surface area contributed by atoms with Gasteiger partial charge in [-0.25, -0.2) is 15.0 Å². The summed E-state index contributed by atoms with van der Waals surface area (Å²) in [5.41, 5.74) is 18.1. The molecule has 0 radical (unpaired) electrons. The lowest BCUT2D eigenvalue weighted by atomic mass is 9.64. The summed E-state index contributed by atoms with van der Waals surface area (Å²) in [4.78, 5) is 18.3. The van der Waals surface area contributed by atoms with Crippen molar-refractivity contribution in [3.63, 3.8) is 0 Å². The van der Waals surface area contributed by atoms with Crippen molar-refractivity contribution in [1.82, 2.24) is 15.0 Å². The molecule has 0 unspecified atom stereocenters. The van der Waals surface area contributed by atoms with E-state index in [1.54, 1.807) is 0 Å². The molecule has 3 heterocycles. The van der Waals surface area contributed by atoms with E-state index in [4.69, 9.17) is 15.0 Å². The third-order valence-electron chi connectivity index (χ3n) is 13.2. The number of para-hydroxylation sites is 3. The summed E-state index contributed by atoms with van der Waals surface area (Å²) in [5, 5.41) is 3.37. The third-order valence-corrected chi connectivity index (χ3v) is 13.2. The number of pyridine rings is 1. The summed E-state index contributed by atoms with van der Waals surface area (Å²) in [6, 6.07) is 82.8. The summed E-state index contributed by atoms with van der Waals surface area (Å²) < 4.78 is 0. The van der Waals surface area contributed by atoms with Crippen molar-refractivity contribution in [2.45, 2.75) is 5.41 Å². The van der Waals surface area contributed by atoms with Crippen LogP contribution in [0.15, 0.2) is 231 Å². The molecule has 4 nitrogen and oxygen atoms in total. The van der Waals surface area contributed by atoms with Crippen molar-refractivity contribution in [2.75, 3.05) is 4.90 Å². The Hall–Kier alpha value is -8.47. The third kappa shape index (κ3) is 5.39. The summed E-state index contributed by atoms with van der Waals surface area (Å²) in [6.45, 7) is 0. The van der Waals surface area contributed by atoms with Crippen LogP contribution >= 0.6 is 0 Å². The molecule has 2 aromatic heterocycles. The molecular weight excluding hydrogens is 777 g/mol. The second-order valence-electron chi connectivity index (χ2n) is 16.7. The second-order valence-corrected chi connectivity index (χ2v) is 16.7. The number of nitrogens with zero attached hydrogens (tertiary/aromatic N) is 4. The van der Waals surface area contributed by atoms with E-state index in [2.05, 4.69) is 211 Å². The van der Waals surface area contributed by atoms with Crippen molar-refractivity contribution < 1.29 is 0 Å². The fourth-order valence-corrected chi connectivity index (χ4v) is 10.5. The maximum absolute atomic E-state index is 5.54. The van der Waals surface area contributed by atoms with Gasteiger partial charge in [0.25, 0.3) is 0 Å². The number of hydrogen-bond acceptors (Lipinski definition) is 4. The van der Waals surface area contributed by atoms with Gasteiger partial charge in [-0.1, -0.05) is 182 Å². The zero-order valence-electron chi connectivity index (χ0n) is 34.7. The van der Waals surface area contributed by atoms with Crippen LogP contribution in [0.1, 0.15) is 22.3 Å². The molecule has 1 aliphatic heterocycles. The molecule has 11 aromatic rings. The molecule has 13 rings (SSSR count). The van der Waals surface area contributed by atoms with E-state index >= 15 is 0 Å². The van der Waals surface area contributed by atoms with Crippen LogP contribution in [-0.4, -0.2) is 15.0 Å². The van der Waals surface area contributed by atoms with Gasteiger partial charge in [-0.2, -0.15) is 0 Å². The van der Waals surface area contributed by atoms with Crippen LogP contribution in [-0.2, 0) is 5.41 Å². The van der Waals surface area contributed by atoms with Crippen molar-refractivity contribution in [2.24, 2.45) is 0 Å². The van der Waals surface area contributed by atoms with E-state index < -0.39 is 5.41 Å². The average molecular weight is 815 g/mol. The van der Waals surface area contributed by atoms with Gasteiger partial charge in [-0.3, -0.25) is 0 Å². The Morgan fingerprint density at radius 1 is 0.328 bits per heavy atom. The Morgan fingerprint density at radius 2 is 0.891 bits per heavy atom. The standard InChI is InChI=1S/C60H38N4/c1-4-19-39(20-5-1)54-38-55(63-59(62-54)40-21-6-2-7-22-40)41-23-18-24-42(35-41)58-48-37-57-52(36-47(48)46-29-12-16-33-53(46)61-58)60(49-30-13-10-27-44(49)45-28-11-14-31-50(45)60)51-32-15-17-34-56(51)64(57)43-25-8-3-9-26-43/h1-38H. The predicted molar refractivity (Wildman–Crippen MR) is 262 cm³/mol. The summed E-state index contributed by atoms with van der Waals surface area (Å²) in [7, 11) is 0. The van der Waals surface area contributed by atoms with Crippen LogP contribution in [0.3, 0.4) is 0 Å². The summed E-state index contributed by atoms with van der Waals surface area (Å²) in [6.07, 6.45) is 0. The number of benzene rings is 9. The van der Waals surface area contributed by atoms with E-state index in [0.717, 1.165) is 78.1 Å². The fourth-order valence-electron chi connectivity index (χ4n) is 10.5. The van der Waals surface area contributed by atoms with E-state index in [1.165, 1.54) is 33.4 Å². The maximum Gasteiger partial charge on any atom is 0.160 e. The van der Waals surface area contributed by atoms with E-state index in [1.807, 2.05) is 24.3 Å². The van der Waals surface area contributed by atoms with Gasteiger partial charge in [-0.05, 0) is 87.3 Å². The molecule has 9 aromatic carbocycles. The van der Waals surface area contributed by atoms with Crippen LogP contribution in [0.4, 0.5) is 17.1 Å². The van der Waals surface area contributed by atoms with Gasteiger partial charge in [0.1, 0.15) is 0 Å². The first-order chi connectivity index (χ1) is 31.7. The quantitative estimate of drug-likeness (QED) is 0.162. The molecule has 0 fully saturated rings. The molecular formula is C60H38N4. The topological polar surface area (TPSA) is 41.9 Å². The van der Waals surface area contributed by atoms with Crippen molar-refractivity contribution in [3.05, 3.63) is 253 Å². The minimum absolute atomic E-state index is 0.566. The minimum Gasteiger partial charge on any atom is -0.310 e. The average Bonchev–Trinajstić information content (AvgIpc) is 3.67. The molecule has 4 heteroatoms. The molecule has 0 saturated heterocycles. The summed E-state index contributed by atoms with van der Waals surface area (Å²) >= 11 is 0. The first-order valence-corrected chi connectivity index (χ1v) is 21.9. The predicted octanol–water partition coefficient (Wildman–Crippen LogP) is 15.0. The van der Waals surface area contributed by atoms with Crippen LogP contribution in [0, 0.1) is 0 Å². The van der Waals surface area contributed by atoms with Gasteiger partial charge in [0, 0.05) is 38.7 Å². The zero-order chi connectivity index (χ0) is 42.2. The number of aromatic nitrogens is 3. The Bertz CT molecular complexity index is 3520. The van der Waals surface area contributed by atoms with Crippen LogP contribution in [0.2, 0.25) is 0 Å². The molecule has 64 heavy (non-hydrogen) atoms. The highest BCUT2D eigenvalue weighted by Crippen LogP contribution is 2.64. The lowest BCUT2D eigenvalue weighted by molar-refractivity contribution is 0.754. The normalized spacial score (nSPS) is 13.1. The molecule has 0 atom stereocenters. The molecule has 1 spiro atoms. The number of rotatable bonds is 5. The lowest BCUT2D eigenvalue weighted by Gasteiger charge is -2.45. The maximum atomic E-state index is 5.54. The van der Waals surface area contributed by atoms with Crippen LogP contribution in [0.25, 0.3) is 78.0 Å². The Labute approximate surface area is 371 Å². The Morgan fingerprint density at radius 3 is 1.62 bits per heavy atom. The SMILES string of the molecule is c1ccc(-c2cc(-c3cccc(-c4nc5ccccc5c5cc6c(cc45)N(c4ccccc4)c4ccccc4C64c5ccccc5-c5ccccc54)c3)nc(-c3ccccc3)n2)cc1. The number of anilines is 3. The lowest BCUT2D eigenvalue weighted by Crippen LogP contribution is -2.36. The Balaban J connectivity index is 1.10. The highest BCUT2D eigenvalue weighted by molar-refractivity contribution is 6.14. The van der Waals surface area contributed by atoms with Crippen LogP contribution < -0.4 is 4.90 Å². The smallest absolute Gasteiger partial charge is 0.160 e. The van der Waals surface area contributed by atoms with Crippen molar-refractivity contribution >= 4 is 38.7 Å². The second kappa shape index (κ2) is 14.3. The minimum atomic E-state index is -0.566. The van der Waals surface area contributed by atoms with Gasteiger partial charge >= 0.3 is 0 Å². The summed E-state index contributed by atoms with van der Waals surface area (Å²) in [5.74, 6) is 0.688. The van der Waals surface area contributed by atoms with Gasteiger partial charge in [0.15, 0.2) is 5.82 Å². The highest BCUT2D eigenvalue weighted by atomic mass is 15.2. The largest absolute Gasteiger partial charge is 0.310 e. The van der Waals surface area contributed by atoms with E-state index in [9.17, 15) is 0 Å². The van der Waals surface area contributed by atoms with Gasteiger partial charge < -0.3 is 4.90 Å². The Kier molecular flexibility index (Phi) is 8.09. The van der Waals surface area contributed by atoms with Crippen molar-refractivity contribution in [3.8, 4) is 56.3 Å². The van der Waals surface area contributed by atoms with Crippen molar-refractivity contribution in [1.29, 1.82) is 0 Å². The molecule has 0 N–H and O–H groups in total. The molecule has 2 aliphatic rings.